The van der Waals surface area contributed by atoms with Gasteiger partial charge >= 0.3 is 5.97 Å². The Hall–Kier alpha value is -3.19. The molecule has 2 unspecified atom stereocenters. The molecular formula is C23H21ClN2O5. The molecule has 2 aliphatic rings. The smallest absolute Gasteiger partial charge is 0.337 e. The molecule has 1 saturated carbocycles. The second kappa shape index (κ2) is 8.51. The molecule has 8 heteroatoms. The SMILES string of the molecule is O=C(O)c1cc(NC(=O)C2CCCCC2CN2C(=O)c3ccccc3C2=O)ccc1Cl. The normalized spacial score (nSPS) is 20.5. The molecule has 0 bridgehead atoms. The van der Waals surface area contributed by atoms with E-state index in [1.165, 1.54) is 17.0 Å². The molecule has 2 aromatic rings. The Morgan fingerprint density at radius 1 is 1.03 bits per heavy atom. The third kappa shape index (κ3) is 4.05. The van der Waals surface area contributed by atoms with Gasteiger partial charge in [-0.05, 0) is 49.1 Å². The van der Waals surface area contributed by atoms with Gasteiger partial charge in [0, 0.05) is 18.2 Å². The molecule has 1 aliphatic carbocycles. The maximum absolute atomic E-state index is 13.0. The summed E-state index contributed by atoms with van der Waals surface area (Å²) in [6.07, 6.45) is 3.16. The Kier molecular flexibility index (Phi) is 5.78. The number of nitrogens with one attached hydrogen (secondary N) is 1. The third-order valence-corrected chi connectivity index (χ3v) is 6.34. The summed E-state index contributed by atoms with van der Waals surface area (Å²) in [4.78, 5) is 51.0. The number of hydrogen-bond acceptors (Lipinski definition) is 4. The van der Waals surface area contributed by atoms with Gasteiger partial charge < -0.3 is 10.4 Å². The van der Waals surface area contributed by atoms with Crippen LogP contribution in [-0.2, 0) is 4.79 Å². The highest BCUT2D eigenvalue weighted by molar-refractivity contribution is 6.33. The van der Waals surface area contributed by atoms with Crippen LogP contribution in [0.4, 0.5) is 5.69 Å². The quantitative estimate of drug-likeness (QED) is 0.682. The maximum Gasteiger partial charge on any atom is 0.337 e. The highest BCUT2D eigenvalue weighted by atomic mass is 35.5. The minimum Gasteiger partial charge on any atom is -0.478 e. The zero-order valence-corrected chi connectivity index (χ0v) is 17.4. The maximum atomic E-state index is 13.0. The summed E-state index contributed by atoms with van der Waals surface area (Å²) < 4.78 is 0. The minimum atomic E-state index is -1.18. The fraction of sp³-hybridized carbons (Fsp3) is 0.304. The number of imide groups is 1. The molecule has 2 atom stereocenters. The zero-order chi connectivity index (χ0) is 22.1. The van der Waals surface area contributed by atoms with Crippen molar-refractivity contribution >= 4 is 41.0 Å². The monoisotopic (exact) mass is 440 g/mol. The largest absolute Gasteiger partial charge is 0.478 e. The first-order chi connectivity index (χ1) is 14.9. The van der Waals surface area contributed by atoms with Crippen molar-refractivity contribution in [1.29, 1.82) is 0 Å². The molecule has 1 fully saturated rings. The Balaban J connectivity index is 1.50. The Morgan fingerprint density at radius 2 is 1.68 bits per heavy atom. The van der Waals surface area contributed by atoms with Crippen LogP contribution in [-0.4, -0.2) is 40.2 Å². The summed E-state index contributed by atoms with van der Waals surface area (Å²) in [5, 5.41) is 12.1. The highest BCUT2D eigenvalue weighted by Crippen LogP contribution is 2.34. The summed E-state index contributed by atoms with van der Waals surface area (Å²) in [6.45, 7) is 0.186. The molecule has 4 rings (SSSR count). The number of nitrogens with zero attached hydrogens (tertiary/aromatic N) is 1. The van der Waals surface area contributed by atoms with Crippen molar-refractivity contribution in [2.45, 2.75) is 25.7 Å². The first kappa shape index (κ1) is 21.1. The summed E-state index contributed by atoms with van der Waals surface area (Å²) in [5.41, 5.74) is 1.04. The molecule has 0 radical (unpaired) electrons. The van der Waals surface area contributed by atoms with Gasteiger partial charge in [0.05, 0.1) is 21.7 Å². The van der Waals surface area contributed by atoms with Crippen LogP contribution < -0.4 is 5.32 Å². The molecule has 0 spiro atoms. The number of carboxylic acid groups (broad SMARTS) is 1. The standard InChI is InChI=1S/C23H21ClN2O5/c24-19-10-9-14(11-18(19)23(30)31)25-20(27)15-6-2-1-5-13(15)12-26-21(28)16-7-3-4-8-17(16)22(26)29/h3-4,7-11,13,15H,1-2,5-6,12H2,(H,25,27)(H,30,31). The molecule has 2 aromatic carbocycles. The number of benzene rings is 2. The number of amides is 3. The molecule has 1 heterocycles. The van der Waals surface area contributed by atoms with Crippen LogP contribution in [0.25, 0.3) is 0 Å². The number of carbonyl (C=O) groups is 4. The van der Waals surface area contributed by atoms with Gasteiger partial charge in [-0.3, -0.25) is 19.3 Å². The molecule has 2 N–H and O–H groups in total. The average molecular weight is 441 g/mol. The van der Waals surface area contributed by atoms with E-state index in [-0.39, 0.29) is 46.7 Å². The molecular weight excluding hydrogens is 420 g/mol. The minimum absolute atomic E-state index is 0.0895. The first-order valence-corrected chi connectivity index (χ1v) is 10.5. The third-order valence-electron chi connectivity index (χ3n) is 6.01. The Bertz CT molecular complexity index is 1050. The molecule has 31 heavy (non-hydrogen) atoms. The lowest BCUT2D eigenvalue weighted by Gasteiger charge is -2.32. The van der Waals surface area contributed by atoms with Crippen LogP contribution in [0.5, 0.6) is 0 Å². The summed E-state index contributed by atoms with van der Waals surface area (Å²) in [7, 11) is 0. The molecule has 7 nitrogen and oxygen atoms in total. The van der Waals surface area contributed by atoms with Crippen LogP contribution in [0.3, 0.4) is 0 Å². The van der Waals surface area contributed by atoms with E-state index in [0.29, 0.717) is 23.2 Å². The predicted molar refractivity (Wildman–Crippen MR) is 114 cm³/mol. The van der Waals surface area contributed by atoms with Crippen molar-refractivity contribution in [3.05, 3.63) is 64.2 Å². The fourth-order valence-electron chi connectivity index (χ4n) is 4.41. The van der Waals surface area contributed by atoms with Gasteiger partial charge in [-0.15, -0.1) is 0 Å². The number of aromatic carboxylic acids is 1. The lowest BCUT2D eigenvalue weighted by molar-refractivity contribution is -0.122. The van der Waals surface area contributed by atoms with E-state index in [2.05, 4.69) is 5.32 Å². The van der Waals surface area contributed by atoms with E-state index in [4.69, 9.17) is 11.6 Å². The van der Waals surface area contributed by atoms with E-state index in [9.17, 15) is 24.3 Å². The average Bonchev–Trinajstić information content (AvgIpc) is 3.00. The van der Waals surface area contributed by atoms with Crippen molar-refractivity contribution in [2.75, 3.05) is 11.9 Å². The van der Waals surface area contributed by atoms with Crippen LogP contribution in [0, 0.1) is 11.8 Å². The van der Waals surface area contributed by atoms with Crippen molar-refractivity contribution in [1.82, 2.24) is 4.90 Å². The van der Waals surface area contributed by atoms with E-state index < -0.39 is 5.97 Å². The Labute approximate surface area is 184 Å². The number of carbonyl (C=O) groups excluding carboxylic acids is 3. The predicted octanol–water partition coefficient (Wildman–Crippen LogP) is 4.08. The number of rotatable bonds is 5. The van der Waals surface area contributed by atoms with Crippen molar-refractivity contribution in [2.24, 2.45) is 11.8 Å². The molecule has 0 aromatic heterocycles. The van der Waals surface area contributed by atoms with Crippen LogP contribution >= 0.6 is 11.6 Å². The van der Waals surface area contributed by atoms with Gasteiger partial charge in [0.2, 0.25) is 5.91 Å². The van der Waals surface area contributed by atoms with Crippen molar-refractivity contribution in [3.8, 4) is 0 Å². The first-order valence-electron chi connectivity index (χ1n) is 10.2. The molecule has 3 amide bonds. The summed E-state index contributed by atoms with van der Waals surface area (Å²) in [5.74, 6) is -2.63. The molecule has 0 saturated heterocycles. The number of fused-ring (bicyclic) bond motifs is 1. The van der Waals surface area contributed by atoms with Gasteiger partial charge in [-0.1, -0.05) is 36.6 Å². The number of halogens is 1. The van der Waals surface area contributed by atoms with E-state index >= 15 is 0 Å². The summed E-state index contributed by atoms with van der Waals surface area (Å²) in [6, 6.07) is 11.0. The topological polar surface area (TPSA) is 104 Å². The van der Waals surface area contributed by atoms with Crippen LogP contribution in [0.15, 0.2) is 42.5 Å². The lowest BCUT2D eigenvalue weighted by Crippen LogP contribution is -2.41. The van der Waals surface area contributed by atoms with Gasteiger partial charge in [0.1, 0.15) is 0 Å². The second-order valence-electron chi connectivity index (χ2n) is 7.91. The number of anilines is 1. The Morgan fingerprint density at radius 3 is 2.32 bits per heavy atom. The van der Waals surface area contributed by atoms with Gasteiger partial charge in [-0.25, -0.2) is 4.79 Å². The molecule has 160 valence electrons. The van der Waals surface area contributed by atoms with Crippen LogP contribution in [0.2, 0.25) is 5.02 Å². The second-order valence-corrected chi connectivity index (χ2v) is 8.31. The van der Waals surface area contributed by atoms with E-state index in [0.717, 1.165) is 19.3 Å². The van der Waals surface area contributed by atoms with Gasteiger partial charge in [-0.2, -0.15) is 0 Å². The van der Waals surface area contributed by atoms with Gasteiger partial charge in [0.15, 0.2) is 0 Å². The fourth-order valence-corrected chi connectivity index (χ4v) is 4.61. The van der Waals surface area contributed by atoms with Crippen LogP contribution in [0.1, 0.15) is 56.8 Å². The van der Waals surface area contributed by atoms with Crippen molar-refractivity contribution in [3.63, 3.8) is 0 Å². The summed E-state index contributed by atoms with van der Waals surface area (Å²) >= 11 is 5.90. The highest BCUT2D eigenvalue weighted by Gasteiger charge is 2.40. The number of carboxylic acids is 1. The van der Waals surface area contributed by atoms with Crippen molar-refractivity contribution < 1.29 is 24.3 Å². The molecule has 1 aliphatic heterocycles. The zero-order valence-electron chi connectivity index (χ0n) is 16.6. The van der Waals surface area contributed by atoms with E-state index in [1.54, 1.807) is 30.3 Å². The van der Waals surface area contributed by atoms with E-state index in [1.807, 2.05) is 0 Å². The lowest BCUT2D eigenvalue weighted by atomic mass is 9.78. The van der Waals surface area contributed by atoms with Gasteiger partial charge in [0.25, 0.3) is 11.8 Å². The number of hydrogen-bond donors (Lipinski definition) is 2.